The molecule has 1 aliphatic heterocycles. The second-order valence-electron chi connectivity index (χ2n) is 10.1. The average Bonchev–Trinajstić information content (AvgIpc) is 3.48. The van der Waals surface area contributed by atoms with Crippen LogP contribution in [0.4, 0.5) is 0 Å². The van der Waals surface area contributed by atoms with E-state index in [0.717, 1.165) is 5.56 Å². The van der Waals surface area contributed by atoms with Gasteiger partial charge in [-0.25, -0.2) is 0 Å². The van der Waals surface area contributed by atoms with E-state index in [0.29, 0.717) is 18.7 Å². The lowest BCUT2D eigenvalue weighted by atomic mass is 9.93. The van der Waals surface area contributed by atoms with Crippen LogP contribution in [0.5, 0.6) is 0 Å². The molecule has 1 aliphatic rings. The van der Waals surface area contributed by atoms with Crippen LogP contribution in [0.15, 0.2) is 40.9 Å². The number of Topliss-reactive ketones (excluding diaryl/α,β-unsaturated/α-hetero) is 1. The molecule has 4 atom stereocenters. The lowest BCUT2D eigenvalue weighted by molar-refractivity contribution is -0.133. The van der Waals surface area contributed by atoms with Crippen molar-refractivity contribution in [1.82, 2.24) is 21.1 Å². The van der Waals surface area contributed by atoms with E-state index in [1.807, 2.05) is 44.2 Å². The van der Waals surface area contributed by atoms with Gasteiger partial charge in [-0.1, -0.05) is 49.3 Å². The maximum Gasteiger partial charge on any atom is 0.290 e. The molecule has 0 radical (unpaired) electrons. The van der Waals surface area contributed by atoms with Crippen LogP contribution in [0, 0.1) is 12.8 Å². The molecule has 0 saturated carbocycles. The minimum absolute atomic E-state index is 0.0548. The van der Waals surface area contributed by atoms with Crippen molar-refractivity contribution < 1.29 is 33.2 Å². The van der Waals surface area contributed by atoms with E-state index in [-0.39, 0.29) is 30.5 Å². The number of carbonyl (C=O) groups excluding carboxylic acids is 4. The number of ketones is 1. The standard InChI is InChI=1S/C27H36N4O7/c1-16(2)11-19(23(32)27(4)15-37-27)28-24(33)20(13-18-9-7-6-8-10-18)29-25(34)21(14-36-5)30-26(35)22-12-17(3)31-38-22/h6-10,12,16,19-21H,11,13-15H2,1-5H3,(H,28,33)(H,29,34)(H,30,35)/t19?,20-,21?,27+/m0/s1. The third-order valence-electron chi connectivity index (χ3n) is 6.16. The van der Waals surface area contributed by atoms with Crippen LogP contribution in [0.25, 0.3) is 0 Å². The molecule has 0 spiro atoms. The van der Waals surface area contributed by atoms with Gasteiger partial charge in [-0.15, -0.1) is 0 Å². The maximum absolute atomic E-state index is 13.5. The topological polar surface area (TPSA) is 152 Å². The van der Waals surface area contributed by atoms with Gasteiger partial charge in [0, 0.05) is 19.6 Å². The Labute approximate surface area is 222 Å². The summed E-state index contributed by atoms with van der Waals surface area (Å²) >= 11 is 0. The van der Waals surface area contributed by atoms with E-state index in [2.05, 4.69) is 21.1 Å². The van der Waals surface area contributed by atoms with Gasteiger partial charge >= 0.3 is 0 Å². The van der Waals surface area contributed by atoms with Crippen LogP contribution in [-0.4, -0.2) is 72.7 Å². The van der Waals surface area contributed by atoms with Crippen molar-refractivity contribution in [3.8, 4) is 0 Å². The summed E-state index contributed by atoms with van der Waals surface area (Å²) in [5, 5.41) is 11.8. The molecule has 206 valence electrons. The highest BCUT2D eigenvalue weighted by Gasteiger charge is 2.50. The molecular weight excluding hydrogens is 492 g/mol. The van der Waals surface area contributed by atoms with Crippen molar-refractivity contribution in [1.29, 1.82) is 0 Å². The van der Waals surface area contributed by atoms with Crippen LogP contribution in [0.3, 0.4) is 0 Å². The van der Waals surface area contributed by atoms with Crippen LogP contribution < -0.4 is 16.0 Å². The summed E-state index contributed by atoms with van der Waals surface area (Å²) in [6.07, 6.45) is 0.595. The first-order valence-corrected chi connectivity index (χ1v) is 12.6. The van der Waals surface area contributed by atoms with Crippen molar-refractivity contribution in [2.75, 3.05) is 20.3 Å². The molecule has 2 unspecified atom stereocenters. The number of hydrogen-bond acceptors (Lipinski definition) is 8. The number of epoxide rings is 1. The average molecular weight is 529 g/mol. The van der Waals surface area contributed by atoms with E-state index < -0.39 is 41.4 Å². The summed E-state index contributed by atoms with van der Waals surface area (Å²) in [6, 6.07) is 7.71. The third-order valence-corrected chi connectivity index (χ3v) is 6.16. The minimum atomic E-state index is -1.11. The Hall–Kier alpha value is -3.57. The van der Waals surface area contributed by atoms with Crippen molar-refractivity contribution in [2.45, 2.75) is 64.3 Å². The van der Waals surface area contributed by atoms with Gasteiger partial charge in [-0.05, 0) is 31.7 Å². The van der Waals surface area contributed by atoms with E-state index >= 15 is 0 Å². The van der Waals surface area contributed by atoms with Crippen molar-refractivity contribution in [3.05, 3.63) is 53.4 Å². The first kappa shape index (κ1) is 29.0. The zero-order valence-corrected chi connectivity index (χ0v) is 22.4. The SMILES string of the molecule is COCC(NC(=O)c1cc(C)no1)C(=O)N[C@@H](Cc1ccccc1)C(=O)NC(CC(C)C)C(=O)[C@@]1(C)CO1. The number of methoxy groups -OCH3 is 1. The first-order valence-electron chi connectivity index (χ1n) is 12.6. The molecular formula is C27H36N4O7. The zero-order valence-electron chi connectivity index (χ0n) is 22.4. The van der Waals surface area contributed by atoms with Gasteiger partial charge in [0.2, 0.25) is 17.6 Å². The summed E-state index contributed by atoms with van der Waals surface area (Å²) in [7, 11) is 1.39. The summed E-state index contributed by atoms with van der Waals surface area (Å²) in [4.78, 5) is 52.4. The Bertz CT molecular complexity index is 1130. The van der Waals surface area contributed by atoms with Crippen LogP contribution >= 0.6 is 0 Å². The molecule has 0 aliphatic carbocycles. The predicted octanol–water partition coefficient (Wildman–Crippen LogP) is 1.34. The fourth-order valence-electron chi connectivity index (χ4n) is 3.98. The van der Waals surface area contributed by atoms with Gasteiger partial charge in [-0.3, -0.25) is 19.2 Å². The maximum atomic E-state index is 13.5. The van der Waals surface area contributed by atoms with E-state index in [9.17, 15) is 19.2 Å². The summed E-state index contributed by atoms with van der Waals surface area (Å²) in [6.45, 7) is 7.45. The Balaban J connectivity index is 1.78. The molecule has 3 N–H and O–H groups in total. The number of rotatable bonds is 14. The van der Waals surface area contributed by atoms with Crippen molar-refractivity contribution in [3.63, 3.8) is 0 Å². The van der Waals surface area contributed by atoms with Gasteiger partial charge in [0.05, 0.1) is 24.9 Å². The monoisotopic (exact) mass is 528 g/mol. The Kier molecular flexibility index (Phi) is 9.76. The smallest absolute Gasteiger partial charge is 0.290 e. The van der Waals surface area contributed by atoms with Crippen LogP contribution in [0.2, 0.25) is 0 Å². The number of aromatic nitrogens is 1. The van der Waals surface area contributed by atoms with Crippen molar-refractivity contribution >= 4 is 23.5 Å². The van der Waals surface area contributed by atoms with E-state index in [1.165, 1.54) is 13.2 Å². The largest absolute Gasteiger partial charge is 0.382 e. The first-order chi connectivity index (χ1) is 18.0. The molecule has 3 rings (SSSR count). The minimum Gasteiger partial charge on any atom is -0.382 e. The Morgan fingerprint density at radius 1 is 1.03 bits per heavy atom. The van der Waals surface area contributed by atoms with Crippen LogP contribution in [0.1, 0.15) is 49.0 Å². The van der Waals surface area contributed by atoms with Gasteiger partial charge in [0.1, 0.15) is 17.7 Å². The zero-order chi connectivity index (χ0) is 27.9. The molecule has 3 amide bonds. The molecule has 2 heterocycles. The predicted molar refractivity (Wildman–Crippen MR) is 137 cm³/mol. The van der Waals surface area contributed by atoms with Gasteiger partial charge < -0.3 is 29.9 Å². The Morgan fingerprint density at radius 3 is 2.21 bits per heavy atom. The molecule has 1 fully saturated rings. The molecule has 11 nitrogen and oxygen atoms in total. The second-order valence-corrected chi connectivity index (χ2v) is 10.1. The fraction of sp³-hybridized carbons (Fsp3) is 0.519. The Morgan fingerprint density at radius 2 is 1.66 bits per heavy atom. The number of benzene rings is 1. The molecule has 1 aromatic heterocycles. The molecule has 0 bridgehead atoms. The quantitative estimate of drug-likeness (QED) is 0.311. The number of aryl methyl sites for hydroxylation is 1. The van der Waals surface area contributed by atoms with Crippen LogP contribution in [-0.2, 0) is 30.3 Å². The fourth-order valence-corrected chi connectivity index (χ4v) is 3.98. The van der Waals surface area contributed by atoms with E-state index in [1.54, 1.807) is 13.8 Å². The summed E-state index contributed by atoms with van der Waals surface area (Å²) in [5.74, 6) is -1.91. The molecule has 2 aromatic rings. The summed E-state index contributed by atoms with van der Waals surface area (Å²) < 4.78 is 15.4. The van der Waals surface area contributed by atoms with Gasteiger partial charge in [0.25, 0.3) is 5.91 Å². The highest BCUT2D eigenvalue weighted by Crippen LogP contribution is 2.29. The molecule has 38 heavy (non-hydrogen) atoms. The number of carbonyl (C=O) groups is 4. The molecule has 1 aromatic carbocycles. The summed E-state index contributed by atoms with van der Waals surface area (Å²) in [5.41, 5.74) is 0.415. The lowest BCUT2D eigenvalue weighted by Crippen LogP contribution is -2.58. The van der Waals surface area contributed by atoms with E-state index in [4.69, 9.17) is 14.0 Å². The van der Waals surface area contributed by atoms with Gasteiger partial charge in [0.15, 0.2) is 5.78 Å². The molecule has 1 saturated heterocycles. The number of ether oxygens (including phenoxy) is 2. The normalized spacial score (nSPS) is 18.8. The number of nitrogens with one attached hydrogen (secondary N) is 3. The number of hydrogen-bond donors (Lipinski definition) is 3. The highest BCUT2D eigenvalue weighted by molar-refractivity contribution is 5.99. The number of amides is 3. The van der Waals surface area contributed by atoms with Gasteiger partial charge in [-0.2, -0.15) is 0 Å². The molecule has 11 heteroatoms. The lowest BCUT2D eigenvalue weighted by Gasteiger charge is -2.26. The highest BCUT2D eigenvalue weighted by atomic mass is 16.6. The number of nitrogens with zero attached hydrogens (tertiary/aromatic N) is 1. The third kappa shape index (κ3) is 7.96. The second kappa shape index (κ2) is 12.8. The van der Waals surface area contributed by atoms with Crippen molar-refractivity contribution in [2.24, 2.45) is 5.92 Å².